The molecule has 0 aliphatic carbocycles. The van der Waals surface area contributed by atoms with Crippen LogP contribution in [0.25, 0.3) is 0 Å². The van der Waals surface area contributed by atoms with Crippen LogP contribution in [0.3, 0.4) is 0 Å². The van der Waals surface area contributed by atoms with E-state index in [-0.39, 0.29) is 5.91 Å². The van der Waals surface area contributed by atoms with E-state index in [9.17, 15) is 4.79 Å². The summed E-state index contributed by atoms with van der Waals surface area (Å²) in [6.45, 7) is 0. The average molecular weight is 414 g/mol. The number of hydrogen-bond acceptors (Lipinski definition) is 3. The minimum absolute atomic E-state index is 0.286. The molecule has 4 nitrogen and oxygen atoms in total. The number of rotatable bonds is 4. The smallest absolute Gasteiger partial charge is 0.245 e. The maximum absolute atomic E-state index is 12.2. The van der Waals surface area contributed by atoms with Gasteiger partial charge in [-0.1, -0.05) is 30.3 Å². The molecule has 0 aromatic heterocycles. The number of carbonyl (C=O) groups excluding carboxylic acids is 1. The predicted molar refractivity (Wildman–Crippen MR) is 90.4 cm³/mol. The Kier molecular flexibility index (Phi) is 5.39. The van der Waals surface area contributed by atoms with E-state index in [1.54, 1.807) is 13.2 Å². The number of nitrogens with one attached hydrogen (secondary N) is 1. The van der Waals surface area contributed by atoms with Crippen LogP contribution in [0.1, 0.15) is 11.6 Å². The first-order valence-corrected chi connectivity index (χ1v) is 7.76. The zero-order valence-electron chi connectivity index (χ0n) is 11.3. The summed E-state index contributed by atoms with van der Waals surface area (Å²) in [6.07, 6.45) is 0. The van der Waals surface area contributed by atoms with Crippen molar-refractivity contribution in [2.24, 2.45) is 5.73 Å². The molecule has 21 heavy (non-hydrogen) atoms. The summed E-state index contributed by atoms with van der Waals surface area (Å²) in [5, 5.41) is 2.80. The Morgan fingerprint density at radius 3 is 2.48 bits per heavy atom. The molecule has 0 bridgehead atoms. The fraction of sp³-hybridized carbons (Fsp3) is 0.133. The first kappa shape index (κ1) is 16.0. The van der Waals surface area contributed by atoms with Gasteiger partial charge in [0.2, 0.25) is 5.91 Å². The molecule has 110 valence electrons. The molecule has 0 aliphatic rings. The summed E-state index contributed by atoms with van der Waals surface area (Å²) in [6, 6.07) is 12.0. The number of carbonyl (C=O) groups is 1. The van der Waals surface area contributed by atoms with Crippen LogP contribution >= 0.6 is 31.9 Å². The van der Waals surface area contributed by atoms with Gasteiger partial charge in [0.1, 0.15) is 11.8 Å². The normalized spacial score (nSPS) is 11.8. The van der Waals surface area contributed by atoms with E-state index in [0.29, 0.717) is 11.4 Å². The quantitative estimate of drug-likeness (QED) is 0.799. The van der Waals surface area contributed by atoms with Crippen LogP contribution in [0.4, 0.5) is 5.69 Å². The molecule has 0 aliphatic heterocycles. The summed E-state index contributed by atoms with van der Waals surface area (Å²) in [4.78, 5) is 12.2. The second-order valence-corrected chi connectivity index (χ2v) is 6.05. The number of halogens is 2. The van der Waals surface area contributed by atoms with Crippen LogP contribution < -0.4 is 15.8 Å². The Labute approximate surface area is 139 Å². The third-order valence-corrected chi connectivity index (χ3v) is 4.22. The molecule has 1 unspecified atom stereocenters. The highest BCUT2D eigenvalue weighted by atomic mass is 79.9. The minimum atomic E-state index is -0.729. The topological polar surface area (TPSA) is 64.3 Å². The van der Waals surface area contributed by atoms with Crippen molar-refractivity contribution in [3.63, 3.8) is 0 Å². The van der Waals surface area contributed by atoms with E-state index in [1.807, 2.05) is 36.4 Å². The zero-order valence-corrected chi connectivity index (χ0v) is 14.4. The van der Waals surface area contributed by atoms with Gasteiger partial charge >= 0.3 is 0 Å². The molecular formula is C15H14Br2N2O2. The molecule has 2 aromatic carbocycles. The van der Waals surface area contributed by atoms with Gasteiger partial charge in [-0.05, 0) is 43.5 Å². The molecule has 0 heterocycles. The molecule has 0 saturated carbocycles. The number of amides is 1. The number of hydrogen-bond donors (Lipinski definition) is 2. The molecule has 0 fully saturated rings. The molecule has 0 spiro atoms. The van der Waals surface area contributed by atoms with E-state index in [1.165, 1.54) is 0 Å². The van der Waals surface area contributed by atoms with Crippen molar-refractivity contribution in [2.75, 3.05) is 12.4 Å². The van der Waals surface area contributed by atoms with E-state index < -0.39 is 6.04 Å². The molecular weight excluding hydrogens is 400 g/mol. The van der Waals surface area contributed by atoms with Gasteiger partial charge in [0.25, 0.3) is 0 Å². The standard InChI is InChI=1S/C15H14Br2N2O2/c1-21-13-8-12(10(16)7-11(13)17)19-15(20)14(18)9-5-3-2-4-6-9/h2-8,14H,18H2,1H3,(H,19,20). The fourth-order valence-electron chi connectivity index (χ4n) is 1.80. The van der Waals surface area contributed by atoms with E-state index >= 15 is 0 Å². The Morgan fingerprint density at radius 1 is 1.19 bits per heavy atom. The first-order valence-electron chi connectivity index (χ1n) is 6.17. The van der Waals surface area contributed by atoms with Crippen LogP contribution in [-0.2, 0) is 4.79 Å². The Bertz CT molecular complexity index is 648. The summed E-state index contributed by atoms with van der Waals surface area (Å²) in [5.74, 6) is 0.341. The van der Waals surface area contributed by atoms with Crippen molar-refractivity contribution in [1.82, 2.24) is 0 Å². The molecule has 1 atom stereocenters. The average Bonchev–Trinajstić information content (AvgIpc) is 2.50. The van der Waals surface area contributed by atoms with Crippen molar-refractivity contribution < 1.29 is 9.53 Å². The second kappa shape index (κ2) is 7.06. The van der Waals surface area contributed by atoms with Gasteiger partial charge in [0, 0.05) is 10.5 Å². The van der Waals surface area contributed by atoms with Gasteiger partial charge in [0.15, 0.2) is 0 Å². The largest absolute Gasteiger partial charge is 0.495 e. The minimum Gasteiger partial charge on any atom is -0.495 e. The van der Waals surface area contributed by atoms with E-state index in [4.69, 9.17) is 10.5 Å². The Morgan fingerprint density at radius 2 is 1.86 bits per heavy atom. The lowest BCUT2D eigenvalue weighted by Gasteiger charge is -2.15. The maximum atomic E-state index is 12.2. The number of methoxy groups -OCH3 is 1. The highest BCUT2D eigenvalue weighted by Crippen LogP contribution is 2.34. The van der Waals surface area contributed by atoms with Crippen molar-refractivity contribution >= 4 is 43.5 Å². The number of nitrogens with two attached hydrogens (primary N) is 1. The summed E-state index contributed by atoms with van der Waals surface area (Å²) < 4.78 is 6.75. The highest BCUT2D eigenvalue weighted by molar-refractivity contribution is 9.11. The van der Waals surface area contributed by atoms with Crippen molar-refractivity contribution in [2.45, 2.75) is 6.04 Å². The highest BCUT2D eigenvalue weighted by Gasteiger charge is 2.17. The van der Waals surface area contributed by atoms with Crippen molar-refractivity contribution in [1.29, 1.82) is 0 Å². The van der Waals surface area contributed by atoms with Crippen LogP contribution in [0.15, 0.2) is 51.4 Å². The van der Waals surface area contributed by atoms with Gasteiger partial charge in [-0.2, -0.15) is 0 Å². The number of anilines is 1. The lowest BCUT2D eigenvalue weighted by atomic mass is 10.1. The predicted octanol–water partition coefficient (Wildman–Crippen LogP) is 3.86. The van der Waals surface area contributed by atoms with Gasteiger partial charge in [-0.3, -0.25) is 4.79 Å². The van der Waals surface area contributed by atoms with Gasteiger partial charge in [-0.25, -0.2) is 0 Å². The van der Waals surface area contributed by atoms with Crippen molar-refractivity contribution in [3.05, 3.63) is 57.0 Å². The third-order valence-electron chi connectivity index (χ3n) is 2.94. The van der Waals surface area contributed by atoms with Crippen LogP contribution in [0.2, 0.25) is 0 Å². The summed E-state index contributed by atoms with van der Waals surface area (Å²) in [5.41, 5.74) is 7.33. The lowest BCUT2D eigenvalue weighted by molar-refractivity contribution is -0.117. The van der Waals surface area contributed by atoms with Gasteiger partial charge in [-0.15, -0.1) is 0 Å². The summed E-state index contributed by atoms with van der Waals surface area (Å²) in [7, 11) is 1.56. The maximum Gasteiger partial charge on any atom is 0.245 e. The van der Waals surface area contributed by atoms with Gasteiger partial charge in [0.05, 0.1) is 17.3 Å². The monoisotopic (exact) mass is 412 g/mol. The fourth-order valence-corrected chi connectivity index (χ4v) is 3.06. The van der Waals surface area contributed by atoms with Gasteiger partial charge < -0.3 is 15.8 Å². The zero-order chi connectivity index (χ0) is 15.4. The molecule has 3 N–H and O–H groups in total. The molecule has 0 saturated heterocycles. The first-order chi connectivity index (χ1) is 10.0. The van der Waals surface area contributed by atoms with E-state index in [0.717, 1.165) is 14.5 Å². The molecule has 1 amide bonds. The van der Waals surface area contributed by atoms with Crippen LogP contribution in [-0.4, -0.2) is 13.0 Å². The summed E-state index contributed by atoms with van der Waals surface area (Å²) >= 11 is 6.78. The van der Waals surface area contributed by atoms with E-state index in [2.05, 4.69) is 37.2 Å². The van der Waals surface area contributed by atoms with Crippen LogP contribution in [0, 0.1) is 0 Å². The SMILES string of the molecule is COc1cc(NC(=O)C(N)c2ccccc2)c(Br)cc1Br. The Balaban J connectivity index is 2.20. The van der Waals surface area contributed by atoms with Crippen molar-refractivity contribution in [3.8, 4) is 5.75 Å². The van der Waals surface area contributed by atoms with Crippen LogP contribution in [0.5, 0.6) is 5.75 Å². The second-order valence-electron chi connectivity index (χ2n) is 4.34. The molecule has 6 heteroatoms. The Hall–Kier alpha value is -1.37. The lowest BCUT2D eigenvalue weighted by Crippen LogP contribution is -2.27. The number of ether oxygens (including phenoxy) is 1. The number of benzene rings is 2. The molecule has 0 radical (unpaired) electrons. The third kappa shape index (κ3) is 3.84. The molecule has 2 aromatic rings. The molecule has 2 rings (SSSR count).